The van der Waals surface area contributed by atoms with Gasteiger partial charge in [0.15, 0.2) is 0 Å². The number of benzene rings is 1. The van der Waals surface area contributed by atoms with Crippen molar-refractivity contribution in [3.05, 3.63) is 36.0 Å². The smallest absolute Gasteiger partial charge is 0.225 e. The van der Waals surface area contributed by atoms with Crippen LogP contribution in [0, 0.1) is 0 Å². The first-order chi connectivity index (χ1) is 12.8. The number of aromatic amines is 1. The van der Waals surface area contributed by atoms with Crippen molar-refractivity contribution < 1.29 is 9.53 Å². The molecule has 2 fully saturated rings. The van der Waals surface area contributed by atoms with Crippen LogP contribution < -0.4 is 0 Å². The normalized spacial score (nSPS) is 22.0. The highest BCUT2D eigenvalue weighted by Crippen LogP contribution is 2.19. The lowest BCUT2D eigenvalue weighted by Crippen LogP contribution is -2.49. The van der Waals surface area contributed by atoms with Crippen molar-refractivity contribution in [2.24, 2.45) is 0 Å². The van der Waals surface area contributed by atoms with Crippen LogP contribution in [0.2, 0.25) is 0 Å². The zero-order valence-corrected chi connectivity index (χ0v) is 15.5. The lowest BCUT2D eigenvalue weighted by atomic mass is 10.1. The highest BCUT2D eigenvalue weighted by molar-refractivity contribution is 5.83. The number of ether oxygens (including phenoxy) is 1. The molecular formula is C21H29N3O2. The highest BCUT2D eigenvalue weighted by Gasteiger charge is 2.24. The summed E-state index contributed by atoms with van der Waals surface area (Å²) in [5.74, 6) is 0.271. The molecule has 2 saturated heterocycles. The van der Waals surface area contributed by atoms with Crippen molar-refractivity contribution in [1.29, 1.82) is 0 Å². The van der Waals surface area contributed by atoms with Gasteiger partial charge < -0.3 is 14.6 Å². The minimum absolute atomic E-state index is 0.149. The van der Waals surface area contributed by atoms with Gasteiger partial charge in [-0.3, -0.25) is 9.69 Å². The number of fused-ring (bicyclic) bond motifs is 1. The van der Waals surface area contributed by atoms with Gasteiger partial charge in [0.2, 0.25) is 5.91 Å². The predicted molar refractivity (Wildman–Crippen MR) is 103 cm³/mol. The van der Waals surface area contributed by atoms with Crippen LogP contribution in [0.5, 0.6) is 0 Å². The number of aromatic nitrogens is 1. The number of carbonyl (C=O) groups is 1. The number of nitrogens with one attached hydrogen (secondary N) is 1. The molecule has 1 unspecified atom stereocenters. The van der Waals surface area contributed by atoms with Crippen molar-refractivity contribution in [3.63, 3.8) is 0 Å². The maximum atomic E-state index is 12.5. The van der Waals surface area contributed by atoms with E-state index in [1.54, 1.807) is 0 Å². The Hall–Kier alpha value is -1.85. The first kappa shape index (κ1) is 17.6. The Kier molecular flexibility index (Phi) is 5.56. The largest absolute Gasteiger partial charge is 0.378 e. The van der Waals surface area contributed by atoms with Crippen molar-refractivity contribution in [3.8, 4) is 0 Å². The van der Waals surface area contributed by atoms with E-state index in [2.05, 4.69) is 40.3 Å². The van der Waals surface area contributed by atoms with Gasteiger partial charge in [0.25, 0.3) is 0 Å². The number of para-hydroxylation sites is 1. The van der Waals surface area contributed by atoms with Crippen molar-refractivity contribution in [1.82, 2.24) is 14.8 Å². The standard InChI is InChI=1S/C21H29N3O2/c25-21(15-18-5-3-4-14-26-18)24-12-10-23(11-13-24)9-8-17-16-22-20-7-2-1-6-19(17)20/h1-2,6-7,16,18,22H,3-5,8-15H2. The Morgan fingerprint density at radius 3 is 2.81 bits per heavy atom. The molecule has 0 radical (unpaired) electrons. The molecule has 5 heteroatoms. The fourth-order valence-corrected chi connectivity index (χ4v) is 4.13. The quantitative estimate of drug-likeness (QED) is 0.897. The van der Waals surface area contributed by atoms with Gasteiger partial charge in [0, 0.05) is 56.4 Å². The van der Waals surface area contributed by atoms with E-state index in [1.165, 1.54) is 22.9 Å². The second-order valence-electron chi connectivity index (χ2n) is 7.52. The van der Waals surface area contributed by atoms with E-state index in [-0.39, 0.29) is 12.0 Å². The molecule has 26 heavy (non-hydrogen) atoms. The first-order valence-electron chi connectivity index (χ1n) is 9.96. The number of hydrogen-bond donors (Lipinski definition) is 1. The Morgan fingerprint density at radius 1 is 1.15 bits per heavy atom. The Labute approximate surface area is 155 Å². The lowest BCUT2D eigenvalue weighted by Gasteiger charge is -2.35. The van der Waals surface area contributed by atoms with E-state index >= 15 is 0 Å². The average Bonchev–Trinajstić information content (AvgIpc) is 3.11. The monoisotopic (exact) mass is 355 g/mol. The number of hydrogen-bond acceptors (Lipinski definition) is 3. The van der Waals surface area contributed by atoms with Crippen LogP contribution >= 0.6 is 0 Å². The number of amides is 1. The van der Waals surface area contributed by atoms with E-state index in [0.717, 1.165) is 58.6 Å². The molecule has 1 aromatic heterocycles. The molecule has 1 amide bonds. The zero-order chi connectivity index (χ0) is 17.8. The summed E-state index contributed by atoms with van der Waals surface area (Å²) in [6, 6.07) is 8.47. The van der Waals surface area contributed by atoms with E-state index in [1.807, 2.05) is 4.90 Å². The van der Waals surface area contributed by atoms with Gasteiger partial charge in [-0.05, 0) is 37.3 Å². The summed E-state index contributed by atoms with van der Waals surface area (Å²) in [6.07, 6.45) is 7.27. The van der Waals surface area contributed by atoms with Gasteiger partial charge in [0.05, 0.1) is 12.5 Å². The Morgan fingerprint density at radius 2 is 2.00 bits per heavy atom. The number of rotatable bonds is 5. The SMILES string of the molecule is O=C(CC1CCCCO1)N1CCN(CCc2c[nH]c3ccccc23)CC1. The Balaban J connectivity index is 1.22. The molecule has 2 aromatic rings. The molecule has 1 aromatic carbocycles. The molecule has 5 nitrogen and oxygen atoms in total. The maximum absolute atomic E-state index is 12.5. The van der Waals surface area contributed by atoms with Crippen LogP contribution in [0.3, 0.4) is 0 Å². The molecule has 2 aliphatic rings. The average molecular weight is 355 g/mol. The summed E-state index contributed by atoms with van der Waals surface area (Å²) in [5.41, 5.74) is 2.59. The summed E-state index contributed by atoms with van der Waals surface area (Å²) >= 11 is 0. The second kappa shape index (κ2) is 8.23. The van der Waals surface area contributed by atoms with Crippen LogP contribution in [0.25, 0.3) is 10.9 Å². The minimum atomic E-state index is 0.149. The first-order valence-corrected chi connectivity index (χ1v) is 9.96. The fraction of sp³-hybridized carbons (Fsp3) is 0.571. The van der Waals surface area contributed by atoms with Crippen molar-refractivity contribution in [2.75, 3.05) is 39.3 Å². The summed E-state index contributed by atoms with van der Waals surface area (Å²) in [4.78, 5) is 20.3. The Bertz CT molecular complexity index is 728. The third-order valence-electron chi connectivity index (χ3n) is 5.77. The zero-order valence-electron chi connectivity index (χ0n) is 15.5. The van der Waals surface area contributed by atoms with E-state index in [9.17, 15) is 4.79 Å². The van der Waals surface area contributed by atoms with Gasteiger partial charge in [-0.2, -0.15) is 0 Å². The molecule has 0 aliphatic carbocycles. The van der Waals surface area contributed by atoms with Gasteiger partial charge in [-0.1, -0.05) is 18.2 Å². The molecule has 0 saturated carbocycles. The summed E-state index contributed by atoms with van der Waals surface area (Å²) < 4.78 is 5.71. The van der Waals surface area contributed by atoms with E-state index in [0.29, 0.717) is 6.42 Å². The molecule has 0 bridgehead atoms. The van der Waals surface area contributed by atoms with Crippen LogP contribution in [0.15, 0.2) is 30.5 Å². The molecule has 2 aliphatic heterocycles. The summed E-state index contributed by atoms with van der Waals surface area (Å²) in [5, 5.41) is 1.33. The molecule has 4 rings (SSSR count). The van der Waals surface area contributed by atoms with Gasteiger partial charge in [0.1, 0.15) is 0 Å². The van der Waals surface area contributed by atoms with E-state index < -0.39 is 0 Å². The fourth-order valence-electron chi connectivity index (χ4n) is 4.13. The number of H-pyrrole nitrogens is 1. The molecule has 0 spiro atoms. The lowest BCUT2D eigenvalue weighted by molar-refractivity contribution is -0.136. The topological polar surface area (TPSA) is 48.6 Å². The molecule has 1 N–H and O–H groups in total. The highest BCUT2D eigenvalue weighted by atomic mass is 16.5. The van der Waals surface area contributed by atoms with Gasteiger partial charge in [-0.25, -0.2) is 0 Å². The third-order valence-corrected chi connectivity index (χ3v) is 5.77. The minimum Gasteiger partial charge on any atom is -0.378 e. The van der Waals surface area contributed by atoms with Crippen LogP contribution in [0.1, 0.15) is 31.2 Å². The van der Waals surface area contributed by atoms with Crippen molar-refractivity contribution in [2.45, 2.75) is 38.2 Å². The number of piperazine rings is 1. The van der Waals surface area contributed by atoms with Crippen molar-refractivity contribution >= 4 is 16.8 Å². The van der Waals surface area contributed by atoms with E-state index in [4.69, 9.17) is 4.74 Å². The second-order valence-corrected chi connectivity index (χ2v) is 7.52. The maximum Gasteiger partial charge on any atom is 0.225 e. The number of carbonyl (C=O) groups excluding carboxylic acids is 1. The van der Waals surface area contributed by atoms with Crippen LogP contribution in [0.4, 0.5) is 0 Å². The number of nitrogens with zero attached hydrogens (tertiary/aromatic N) is 2. The third kappa shape index (κ3) is 4.10. The molecule has 1 atom stereocenters. The van der Waals surface area contributed by atoms with Crippen LogP contribution in [-0.4, -0.2) is 66.1 Å². The van der Waals surface area contributed by atoms with Gasteiger partial charge in [-0.15, -0.1) is 0 Å². The summed E-state index contributed by atoms with van der Waals surface area (Å²) in [6.45, 7) is 5.51. The molecular weight excluding hydrogens is 326 g/mol. The molecule has 3 heterocycles. The van der Waals surface area contributed by atoms with Gasteiger partial charge >= 0.3 is 0 Å². The molecule has 140 valence electrons. The van der Waals surface area contributed by atoms with Crippen LogP contribution in [-0.2, 0) is 16.0 Å². The summed E-state index contributed by atoms with van der Waals surface area (Å²) in [7, 11) is 0. The predicted octanol–water partition coefficient (Wildman–Crippen LogP) is 2.81.